The number of carbonyl (C=O) groups excluding carboxylic acids is 2. The fraction of sp³-hybridized carbons (Fsp3) is 0.407. The van der Waals surface area contributed by atoms with Crippen LogP contribution in [0.25, 0.3) is 28.2 Å². The molecule has 196 valence electrons. The molecule has 2 bridgehead atoms. The van der Waals surface area contributed by atoms with Gasteiger partial charge in [-0.25, -0.2) is 4.98 Å². The Labute approximate surface area is 219 Å². The summed E-state index contributed by atoms with van der Waals surface area (Å²) in [5.74, 6) is -0.168. The lowest BCUT2D eigenvalue weighted by molar-refractivity contribution is -0.138. The van der Waals surface area contributed by atoms with Crippen LogP contribution in [0.5, 0.6) is 0 Å². The molecule has 0 radical (unpaired) electrons. The number of carbonyl (C=O) groups is 2. The second kappa shape index (κ2) is 9.02. The van der Waals surface area contributed by atoms with Crippen LogP contribution >= 0.6 is 0 Å². The summed E-state index contributed by atoms with van der Waals surface area (Å²) in [5.41, 5.74) is 12.3. The van der Waals surface area contributed by atoms with Crippen molar-refractivity contribution in [3.8, 4) is 22.5 Å². The van der Waals surface area contributed by atoms with Crippen LogP contribution in [0.2, 0.25) is 0 Å². The fourth-order valence-corrected chi connectivity index (χ4v) is 6.31. The topological polar surface area (TPSA) is 145 Å². The molecule has 2 unspecified atom stereocenters. The minimum atomic E-state index is -0.487. The molecule has 3 N–H and O–H groups in total. The van der Waals surface area contributed by atoms with Gasteiger partial charge in [-0.3, -0.25) is 19.3 Å². The number of aromatic nitrogens is 6. The van der Waals surface area contributed by atoms with E-state index in [1.54, 1.807) is 17.1 Å². The summed E-state index contributed by atoms with van der Waals surface area (Å²) in [6.45, 7) is 3.00. The third-order valence-electron chi connectivity index (χ3n) is 7.95. The smallest absolute Gasteiger partial charge is 0.248 e. The maximum absolute atomic E-state index is 12.8. The summed E-state index contributed by atoms with van der Waals surface area (Å²) in [7, 11) is 1.87. The highest BCUT2D eigenvalue weighted by Gasteiger charge is 2.44. The molecule has 11 heteroatoms. The number of nitrogens with two attached hydrogens (primary N) is 1. The summed E-state index contributed by atoms with van der Waals surface area (Å²) >= 11 is 0. The lowest BCUT2D eigenvalue weighted by Gasteiger charge is -2.39. The van der Waals surface area contributed by atoms with Crippen LogP contribution in [-0.2, 0) is 11.8 Å². The number of anilines is 1. The van der Waals surface area contributed by atoms with Gasteiger partial charge in [-0.1, -0.05) is 0 Å². The predicted octanol–water partition coefficient (Wildman–Crippen LogP) is 2.51. The Morgan fingerprint density at radius 2 is 1.92 bits per heavy atom. The van der Waals surface area contributed by atoms with Crippen molar-refractivity contribution in [1.82, 2.24) is 34.3 Å². The summed E-state index contributed by atoms with van der Waals surface area (Å²) < 4.78 is 3.27. The SMILES string of the molecule is CC(=O)c1c(C2CC3CCC(C2)N3C(=O)CO)nc2c(-c3cnc(-c4ccn(C)n4)c(C)c3)cnn2c1N. The van der Waals surface area contributed by atoms with Crippen molar-refractivity contribution < 1.29 is 14.7 Å². The highest BCUT2D eigenvalue weighted by molar-refractivity contribution is 6.00. The molecule has 1 amide bonds. The lowest BCUT2D eigenvalue weighted by Crippen LogP contribution is -2.47. The van der Waals surface area contributed by atoms with Gasteiger partial charge in [0.1, 0.15) is 18.1 Å². The van der Waals surface area contributed by atoms with Gasteiger partial charge in [0.15, 0.2) is 11.4 Å². The summed E-state index contributed by atoms with van der Waals surface area (Å²) in [5, 5.41) is 18.4. The van der Waals surface area contributed by atoms with E-state index in [2.05, 4.69) is 15.2 Å². The van der Waals surface area contributed by atoms with Gasteiger partial charge in [-0.15, -0.1) is 0 Å². The second-order valence-electron chi connectivity index (χ2n) is 10.4. The Balaban J connectivity index is 1.43. The lowest BCUT2D eigenvalue weighted by atomic mass is 9.85. The number of aryl methyl sites for hydroxylation is 2. The number of hydrogen-bond donors (Lipinski definition) is 2. The van der Waals surface area contributed by atoms with Crippen LogP contribution in [0.3, 0.4) is 0 Å². The molecule has 0 aliphatic carbocycles. The zero-order valence-corrected chi connectivity index (χ0v) is 21.6. The van der Waals surface area contributed by atoms with E-state index in [1.807, 2.05) is 37.2 Å². The van der Waals surface area contributed by atoms with Gasteiger partial charge in [-0.05, 0) is 57.2 Å². The van der Waals surface area contributed by atoms with E-state index >= 15 is 0 Å². The van der Waals surface area contributed by atoms with Crippen molar-refractivity contribution in [2.24, 2.45) is 7.05 Å². The average Bonchev–Trinajstić information content (AvgIpc) is 3.58. The number of rotatable bonds is 5. The first kappa shape index (κ1) is 24.2. The van der Waals surface area contributed by atoms with Crippen molar-refractivity contribution in [2.75, 3.05) is 12.3 Å². The van der Waals surface area contributed by atoms with Crippen molar-refractivity contribution >= 4 is 23.2 Å². The highest BCUT2D eigenvalue weighted by atomic mass is 16.3. The number of nitrogen functional groups attached to an aromatic ring is 1. The number of pyridine rings is 1. The Bertz CT molecular complexity index is 1570. The maximum atomic E-state index is 12.8. The van der Waals surface area contributed by atoms with Gasteiger partial charge in [0.2, 0.25) is 5.91 Å². The van der Waals surface area contributed by atoms with Crippen molar-refractivity contribution in [3.63, 3.8) is 0 Å². The standard InChI is InChI=1S/C27H30N8O3/c1-14-8-17(11-29-24(14)21-6-7-33(3)32-21)20-12-30-35-26(28)23(15(2)37)25(31-27(20)35)16-9-18-4-5-19(10-16)34(18)22(38)13-36/h6-8,11-12,16,18-19,36H,4-5,9-10,13,28H2,1-3H3. The summed E-state index contributed by atoms with van der Waals surface area (Å²) in [6.07, 6.45) is 8.48. The number of ketones is 1. The Hall–Kier alpha value is -4.12. The van der Waals surface area contributed by atoms with Crippen molar-refractivity contribution in [2.45, 2.75) is 57.5 Å². The molecule has 38 heavy (non-hydrogen) atoms. The number of Topliss-reactive ketones (excluding diaryl/α,β-unsaturated/α-hetero) is 1. The first-order chi connectivity index (χ1) is 18.3. The van der Waals surface area contributed by atoms with E-state index in [0.29, 0.717) is 29.7 Å². The normalized spacial score (nSPS) is 20.8. The van der Waals surface area contributed by atoms with Crippen LogP contribution in [0, 0.1) is 6.92 Å². The quantitative estimate of drug-likeness (QED) is 0.387. The van der Waals surface area contributed by atoms with E-state index in [1.165, 1.54) is 11.4 Å². The molecule has 2 aliphatic heterocycles. The Morgan fingerprint density at radius 3 is 2.53 bits per heavy atom. The van der Waals surface area contributed by atoms with Crippen molar-refractivity contribution in [3.05, 3.63) is 47.5 Å². The molecule has 2 atom stereocenters. The third kappa shape index (κ3) is 3.76. The van der Waals surface area contributed by atoms with Crippen LogP contribution in [0.1, 0.15) is 60.1 Å². The molecule has 4 aromatic heterocycles. The second-order valence-corrected chi connectivity index (χ2v) is 10.4. The van der Waals surface area contributed by atoms with Crippen LogP contribution in [-0.4, -0.2) is 69.7 Å². The molecule has 2 saturated heterocycles. The van der Waals surface area contributed by atoms with Crippen LogP contribution in [0.4, 0.5) is 5.82 Å². The summed E-state index contributed by atoms with van der Waals surface area (Å²) in [6, 6.07) is 4.00. The fourth-order valence-electron chi connectivity index (χ4n) is 6.31. The molecule has 0 spiro atoms. The number of nitrogens with zero attached hydrogens (tertiary/aromatic N) is 7. The van der Waals surface area contributed by atoms with Gasteiger partial charge in [0, 0.05) is 48.6 Å². The zero-order valence-electron chi connectivity index (χ0n) is 21.6. The number of piperidine rings is 1. The minimum absolute atomic E-state index is 0.0211. The Morgan fingerprint density at radius 1 is 1.18 bits per heavy atom. The summed E-state index contributed by atoms with van der Waals surface area (Å²) in [4.78, 5) is 36.7. The van der Waals surface area contributed by atoms with Gasteiger partial charge in [0.25, 0.3) is 0 Å². The maximum Gasteiger partial charge on any atom is 0.248 e. The van der Waals surface area contributed by atoms with Gasteiger partial charge in [-0.2, -0.15) is 14.7 Å². The van der Waals surface area contributed by atoms with Crippen LogP contribution < -0.4 is 5.73 Å². The van der Waals surface area contributed by atoms with E-state index < -0.39 is 6.61 Å². The molecular weight excluding hydrogens is 484 g/mol. The predicted molar refractivity (Wildman–Crippen MR) is 140 cm³/mol. The molecule has 6 rings (SSSR count). The van der Waals surface area contributed by atoms with Gasteiger partial charge < -0.3 is 15.7 Å². The van der Waals surface area contributed by atoms with E-state index in [4.69, 9.17) is 10.7 Å². The van der Waals surface area contributed by atoms with Gasteiger partial charge in [0.05, 0.1) is 23.1 Å². The molecule has 2 aliphatic rings. The Kier molecular flexibility index (Phi) is 5.75. The highest BCUT2D eigenvalue weighted by Crippen LogP contribution is 2.44. The molecule has 0 saturated carbocycles. The van der Waals surface area contributed by atoms with E-state index in [0.717, 1.165) is 40.9 Å². The first-order valence-corrected chi connectivity index (χ1v) is 12.8. The number of hydrogen-bond acceptors (Lipinski definition) is 8. The van der Waals surface area contributed by atoms with E-state index in [-0.39, 0.29) is 35.5 Å². The molecule has 11 nitrogen and oxygen atoms in total. The molecular formula is C27H30N8O3. The molecule has 2 fully saturated rings. The largest absolute Gasteiger partial charge is 0.387 e. The zero-order chi connectivity index (χ0) is 26.7. The number of fused-ring (bicyclic) bond motifs is 3. The monoisotopic (exact) mass is 514 g/mol. The minimum Gasteiger partial charge on any atom is -0.387 e. The number of amides is 1. The first-order valence-electron chi connectivity index (χ1n) is 12.8. The van der Waals surface area contributed by atoms with Gasteiger partial charge >= 0.3 is 0 Å². The molecule has 6 heterocycles. The molecule has 4 aromatic rings. The third-order valence-corrected chi connectivity index (χ3v) is 7.95. The number of aliphatic hydroxyl groups is 1. The number of aliphatic hydroxyl groups excluding tert-OH is 1. The average molecular weight is 515 g/mol. The van der Waals surface area contributed by atoms with Crippen molar-refractivity contribution in [1.29, 1.82) is 0 Å². The molecule has 0 aromatic carbocycles. The van der Waals surface area contributed by atoms with E-state index in [9.17, 15) is 14.7 Å². The van der Waals surface area contributed by atoms with Crippen LogP contribution in [0.15, 0.2) is 30.7 Å².